The van der Waals surface area contributed by atoms with Crippen molar-refractivity contribution in [3.63, 3.8) is 0 Å². The molecule has 0 aromatic heterocycles. The van der Waals surface area contributed by atoms with E-state index in [-0.39, 0.29) is 21.8 Å². The van der Waals surface area contributed by atoms with Crippen molar-refractivity contribution in [2.75, 3.05) is 12.4 Å². The van der Waals surface area contributed by atoms with Crippen LogP contribution in [0.4, 0.5) is 10.1 Å². The number of amides is 1. The van der Waals surface area contributed by atoms with Crippen LogP contribution in [-0.4, -0.2) is 19.0 Å². The Balaban J connectivity index is 2.27. The summed E-state index contributed by atoms with van der Waals surface area (Å²) >= 11 is 5.99. The van der Waals surface area contributed by atoms with E-state index in [1.54, 1.807) is 6.92 Å². The van der Waals surface area contributed by atoms with Crippen LogP contribution in [0.5, 0.6) is 0 Å². The summed E-state index contributed by atoms with van der Waals surface area (Å²) < 4.78 is 18.1. The molecule has 22 heavy (non-hydrogen) atoms. The molecule has 0 unspecified atom stereocenters. The van der Waals surface area contributed by atoms with E-state index < -0.39 is 17.7 Å². The molecule has 114 valence electrons. The van der Waals surface area contributed by atoms with Gasteiger partial charge in [-0.1, -0.05) is 17.7 Å². The Kier molecular flexibility index (Phi) is 4.78. The second-order valence-corrected chi connectivity index (χ2v) is 5.01. The molecular weight excluding hydrogens is 309 g/mol. The first kappa shape index (κ1) is 16.0. The number of halogens is 2. The standard InChI is InChI=1S/C16H13ClFNO3/c1-9-3-4-10(7-13(9)18)15(20)19-14-8-11(16(21)22-2)5-6-12(14)17/h3-8H,1-2H3,(H,19,20). The number of esters is 1. The van der Waals surface area contributed by atoms with Crippen LogP contribution in [0.3, 0.4) is 0 Å². The van der Waals surface area contributed by atoms with Gasteiger partial charge in [-0.25, -0.2) is 9.18 Å². The molecule has 0 atom stereocenters. The van der Waals surface area contributed by atoms with E-state index in [1.807, 2.05) is 0 Å². The fourth-order valence-corrected chi connectivity index (χ4v) is 1.96. The van der Waals surface area contributed by atoms with Gasteiger partial charge in [0.2, 0.25) is 0 Å². The van der Waals surface area contributed by atoms with Crippen molar-refractivity contribution in [1.29, 1.82) is 0 Å². The second-order valence-electron chi connectivity index (χ2n) is 4.60. The number of ether oxygens (including phenoxy) is 1. The summed E-state index contributed by atoms with van der Waals surface area (Å²) in [6.45, 7) is 1.60. The molecule has 0 fully saturated rings. The molecule has 0 saturated carbocycles. The van der Waals surface area contributed by atoms with E-state index in [0.29, 0.717) is 5.56 Å². The third-order valence-electron chi connectivity index (χ3n) is 3.07. The lowest BCUT2D eigenvalue weighted by Gasteiger charge is -2.09. The lowest BCUT2D eigenvalue weighted by atomic mass is 10.1. The number of benzene rings is 2. The maximum absolute atomic E-state index is 13.5. The van der Waals surface area contributed by atoms with Crippen molar-refractivity contribution in [3.8, 4) is 0 Å². The largest absolute Gasteiger partial charge is 0.465 e. The molecule has 1 N–H and O–H groups in total. The molecule has 0 bridgehead atoms. The van der Waals surface area contributed by atoms with E-state index in [2.05, 4.69) is 10.1 Å². The Bertz CT molecular complexity index is 746. The zero-order chi connectivity index (χ0) is 16.3. The van der Waals surface area contributed by atoms with E-state index in [1.165, 1.54) is 37.4 Å². The molecule has 0 aliphatic heterocycles. The van der Waals surface area contributed by atoms with Crippen molar-refractivity contribution in [2.24, 2.45) is 0 Å². The molecule has 2 aromatic rings. The highest BCUT2D eigenvalue weighted by atomic mass is 35.5. The van der Waals surface area contributed by atoms with Crippen molar-refractivity contribution in [1.82, 2.24) is 0 Å². The topological polar surface area (TPSA) is 55.4 Å². The van der Waals surface area contributed by atoms with Gasteiger partial charge in [0.25, 0.3) is 5.91 Å². The van der Waals surface area contributed by atoms with Crippen LogP contribution >= 0.6 is 11.6 Å². The third-order valence-corrected chi connectivity index (χ3v) is 3.40. The predicted molar refractivity (Wildman–Crippen MR) is 81.9 cm³/mol. The maximum atomic E-state index is 13.5. The summed E-state index contributed by atoms with van der Waals surface area (Å²) in [5, 5.41) is 2.81. The first-order valence-electron chi connectivity index (χ1n) is 6.37. The minimum Gasteiger partial charge on any atom is -0.465 e. The third kappa shape index (κ3) is 3.43. The van der Waals surface area contributed by atoms with Crippen LogP contribution in [-0.2, 0) is 4.74 Å². The predicted octanol–water partition coefficient (Wildman–Crippen LogP) is 3.83. The fourth-order valence-electron chi connectivity index (χ4n) is 1.79. The summed E-state index contributed by atoms with van der Waals surface area (Å²) in [6.07, 6.45) is 0. The Morgan fingerprint density at radius 3 is 2.45 bits per heavy atom. The molecule has 0 saturated heterocycles. The van der Waals surface area contributed by atoms with Gasteiger partial charge in [0.1, 0.15) is 5.82 Å². The molecule has 6 heteroatoms. The summed E-state index contributed by atoms with van der Waals surface area (Å²) in [5.74, 6) is -1.54. The van der Waals surface area contributed by atoms with Crippen molar-refractivity contribution >= 4 is 29.2 Å². The summed E-state index contributed by atoms with van der Waals surface area (Å²) in [5.41, 5.74) is 1.10. The number of nitrogens with one attached hydrogen (secondary N) is 1. The van der Waals surface area contributed by atoms with Crippen LogP contribution in [0.1, 0.15) is 26.3 Å². The molecule has 0 aliphatic carbocycles. The highest BCUT2D eigenvalue weighted by Crippen LogP contribution is 2.24. The van der Waals surface area contributed by atoms with Crippen LogP contribution in [0.15, 0.2) is 36.4 Å². The minimum absolute atomic E-state index is 0.155. The van der Waals surface area contributed by atoms with E-state index >= 15 is 0 Å². The van der Waals surface area contributed by atoms with Crippen LogP contribution in [0, 0.1) is 12.7 Å². The average molecular weight is 322 g/mol. The lowest BCUT2D eigenvalue weighted by Crippen LogP contribution is -2.13. The Labute approximate surface area is 131 Å². The first-order valence-corrected chi connectivity index (χ1v) is 6.75. The Morgan fingerprint density at radius 2 is 1.82 bits per heavy atom. The number of carbonyl (C=O) groups is 2. The smallest absolute Gasteiger partial charge is 0.337 e. The van der Waals surface area contributed by atoms with Gasteiger partial charge in [-0.05, 0) is 42.8 Å². The number of methoxy groups -OCH3 is 1. The van der Waals surface area contributed by atoms with E-state index in [0.717, 1.165) is 6.07 Å². The normalized spacial score (nSPS) is 10.2. The molecular formula is C16H13ClFNO3. The van der Waals surface area contributed by atoms with Crippen LogP contribution in [0.2, 0.25) is 5.02 Å². The SMILES string of the molecule is COC(=O)c1ccc(Cl)c(NC(=O)c2ccc(C)c(F)c2)c1. The number of hydrogen-bond donors (Lipinski definition) is 1. The minimum atomic E-state index is -0.548. The number of rotatable bonds is 3. The maximum Gasteiger partial charge on any atom is 0.337 e. The molecule has 2 aromatic carbocycles. The fraction of sp³-hybridized carbons (Fsp3) is 0.125. The monoisotopic (exact) mass is 321 g/mol. The first-order chi connectivity index (χ1) is 10.4. The van der Waals surface area contributed by atoms with Gasteiger partial charge in [-0.15, -0.1) is 0 Å². The summed E-state index contributed by atoms with van der Waals surface area (Å²) in [4.78, 5) is 23.6. The van der Waals surface area contributed by atoms with E-state index in [4.69, 9.17) is 11.6 Å². The van der Waals surface area contributed by atoms with Gasteiger partial charge < -0.3 is 10.1 Å². The second kappa shape index (κ2) is 6.58. The molecule has 1 amide bonds. The summed E-state index contributed by atoms with van der Waals surface area (Å²) in [7, 11) is 1.25. The highest BCUT2D eigenvalue weighted by Gasteiger charge is 2.13. The molecule has 0 spiro atoms. The van der Waals surface area contributed by atoms with Crippen molar-refractivity contribution in [3.05, 3.63) is 63.9 Å². The lowest BCUT2D eigenvalue weighted by molar-refractivity contribution is 0.0600. The quantitative estimate of drug-likeness (QED) is 0.874. The average Bonchev–Trinajstić information content (AvgIpc) is 2.51. The molecule has 2 rings (SSSR count). The van der Waals surface area contributed by atoms with Crippen LogP contribution in [0.25, 0.3) is 0 Å². The molecule has 4 nitrogen and oxygen atoms in total. The van der Waals surface area contributed by atoms with Crippen molar-refractivity contribution < 1.29 is 18.7 Å². The number of hydrogen-bond acceptors (Lipinski definition) is 3. The van der Waals surface area contributed by atoms with Crippen LogP contribution < -0.4 is 5.32 Å². The van der Waals surface area contributed by atoms with Gasteiger partial charge >= 0.3 is 5.97 Å². The van der Waals surface area contributed by atoms with E-state index in [9.17, 15) is 14.0 Å². The van der Waals surface area contributed by atoms with Gasteiger partial charge in [-0.2, -0.15) is 0 Å². The van der Waals surface area contributed by atoms with Gasteiger partial charge in [0.05, 0.1) is 23.4 Å². The Morgan fingerprint density at radius 1 is 1.14 bits per heavy atom. The molecule has 0 radical (unpaired) electrons. The summed E-state index contributed by atoms with van der Waals surface area (Å²) in [6, 6.07) is 8.51. The molecule has 0 aliphatic rings. The number of carbonyl (C=O) groups excluding carboxylic acids is 2. The zero-order valence-electron chi connectivity index (χ0n) is 11.9. The molecule has 0 heterocycles. The highest BCUT2D eigenvalue weighted by molar-refractivity contribution is 6.34. The van der Waals surface area contributed by atoms with Crippen molar-refractivity contribution in [2.45, 2.75) is 6.92 Å². The Hall–Kier alpha value is -2.40. The zero-order valence-corrected chi connectivity index (χ0v) is 12.7. The number of anilines is 1. The van der Waals surface area contributed by atoms with Gasteiger partial charge in [0.15, 0.2) is 0 Å². The van der Waals surface area contributed by atoms with Gasteiger partial charge in [-0.3, -0.25) is 4.79 Å². The van der Waals surface area contributed by atoms with Gasteiger partial charge in [0, 0.05) is 5.56 Å². The number of aryl methyl sites for hydroxylation is 1.